The molecule has 0 spiro atoms. The minimum atomic E-state index is -0.285. The number of nitrogens with one attached hydrogen (secondary N) is 1. The van der Waals surface area contributed by atoms with Crippen LogP contribution in [0.15, 0.2) is 48.5 Å². The Labute approximate surface area is 106 Å². The first-order chi connectivity index (χ1) is 8.59. The van der Waals surface area contributed by atoms with Crippen molar-refractivity contribution in [1.82, 2.24) is 0 Å². The molecule has 0 aliphatic heterocycles. The van der Waals surface area contributed by atoms with E-state index in [2.05, 4.69) is 0 Å². The number of hydrogen-bond acceptors (Lipinski definition) is 1. The number of nitrogens with two attached hydrogens (primary N) is 1. The van der Waals surface area contributed by atoms with E-state index in [0.29, 0.717) is 5.56 Å². The molecule has 2 aromatic carbocycles. The first-order valence-corrected chi connectivity index (χ1v) is 5.78. The van der Waals surface area contributed by atoms with Crippen LogP contribution in [0.5, 0.6) is 0 Å². The van der Waals surface area contributed by atoms with Crippen molar-refractivity contribution >= 4 is 5.84 Å². The highest BCUT2D eigenvalue weighted by atomic mass is 19.1. The van der Waals surface area contributed by atoms with E-state index >= 15 is 0 Å². The van der Waals surface area contributed by atoms with Gasteiger partial charge >= 0.3 is 0 Å². The molecule has 0 fully saturated rings. The smallest absolute Gasteiger partial charge is 0.131 e. The van der Waals surface area contributed by atoms with Crippen LogP contribution < -0.4 is 5.73 Å². The van der Waals surface area contributed by atoms with Crippen LogP contribution in [0.1, 0.15) is 18.4 Å². The van der Waals surface area contributed by atoms with Gasteiger partial charge in [-0.3, -0.25) is 5.41 Å². The zero-order valence-corrected chi connectivity index (χ0v) is 10.2. The number of benzene rings is 2. The molecule has 0 saturated carbocycles. The summed E-state index contributed by atoms with van der Waals surface area (Å²) >= 11 is 0. The second kappa shape index (κ2) is 5.00. The molecule has 92 valence electrons. The van der Waals surface area contributed by atoms with Gasteiger partial charge in [-0.1, -0.05) is 49.4 Å². The summed E-state index contributed by atoms with van der Waals surface area (Å²) in [5.74, 6) is -0.502. The molecular formula is C15H15FN2. The lowest BCUT2D eigenvalue weighted by Gasteiger charge is -2.11. The van der Waals surface area contributed by atoms with E-state index in [1.54, 1.807) is 13.0 Å². The standard InChI is InChI=1S/C15H15FN2/c1-10(15(17)18)12-7-8-13(14(16)9-12)11-5-3-2-4-6-11/h2-10H,1H3,(H3,17,18). The van der Waals surface area contributed by atoms with Crippen molar-refractivity contribution in [2.24, 2.45) is 5.73 Å². The lowest BCUT2D eigenvalue weighted by molar-refractivity contribution is 0.628. The molecule has 0 amide bonds. The van der Waals surface area contributed by atoms with Gasteiger partial charge in [-0.15, -0.1) is 0 Å². The van der Waals surface area contributed by atoms with E-state index in [9.17, 15) is 4.39 Å². The molecule has 0 aliphatic carbocycles. The summed E-state index contributed by atoms with van der Waals surface area (Å²) in [4.78, 5) is 0. The average molecular weight is 242 g/mol. The van der Waals surface area contributed by atoms with Gasteiger partial charge in [0.15, 0.2) is 0 Å². The fourth-order valence-corrected chi connectivity index (χ4v) is 1.83. The SMILES string of the molecule is CC(C(=N)N)c1ccc(-c2ccccc2)c(F)c1. The third kappa shape index (κ3) is 2.40. The Bertz CT molecular complexity index is 564. The van der Waals surface area contributed by atoms with Gasteiger partial charge in [0, 0.05) is 11.5 Å². The highest BCUT2D eigenvalue weighted by Gasteiger charge is 2.12. The molecule has 18 heavy (non-hydrogen) atoms. The molecule has 3 heteroatoms. The number of amidine groups is 1. The van der Waals surface area contributed by atoms with Crippen LogP contribution in [-0.2, 0) is 0 Å². The molecule has 2 rings (SSSR count). The van der Waals surface area contributed by atoms with Crippen molar-refractivity contribution < 1.29 is 4.39 Å². The van der Waals surface area contributed by atoms with E-state index in [0.717, 1.165) is 11.1 Å². The molecule has 0 bridgehead atoms. The van der Waals surface area contributed by atoms with Crippen LogP contribution in [0.2, 0.25) is 0 Å². The molecular weight excluding hydrogens is 227 g/mol. The number of halogens is 1. The summed E-state index contributed by atoms with van der Waals surface area (Å²) < 4.78 is 14.0. The van der Waals surface area contributed by atoms with E-state index in [4.69, 9.17) is 11.1 Å². The van der Waals surface area contributed by atoms with Crippen LogP contribution in [0, 0.1) is 11.2 Å². The molecule has 0 heterocycles. The first-order valence-electron chi connectivity index (χ1n) is 5.78. The Balaban J connectivity index is 2.40. The third-order valence-electron chi connectivity index (χ3n) is 3.04. The van der Waals surface area contributed by atoms with Gasteiger partial charge in [0.1, 0.15) is 5.82 Å². The zero-order chi connectivity index (χ0) is 13.1. The summed E-state index contributed by atoms with van der Waals surface area (Å²) in [7, 11) is 0. The molecule has 0 aromatic heterocycles. The van der Waals surface area contributed by atoms with Crippen LogP contribution in [-0.4, -0.2) is 5.84 Å². The van der Waals surface area contributed by atoms with E-state index in [1.807, 2.05) is 36.4 Å². The topological polar surface area (TPSA) is 49.9 Å². The minimum absolute atomic E-state index is 0.0434. The number of rotatable bonds is 3. The van der Waals surface area contributed by atoms with Gasteiger partial charge in [0.25, 0.3) is 0 Å². The fourth-order valence-electron chi connectivity index (χ4n) is 1.83. The molecule has 2 aromatic rings. The maximum atomic E-state index is 14.0. The molecule has 2 nitrogen and oxygen atoms in total. The van der Waals surface area contributed by atoms with Crippen molar-refractivity contribution in [1.29, 1.82) is 5.41 Å². The van der Waals surface area contributed by atoms with Crippen molar-refractivity contribution in [2.75, 3.05) is 0 Å². The van der Waals surface area contributed by atoms with E-state index in [-0.39, 0.29) is 17.6 Å². The maximum Gasteiger partial charge on any atom is 0.131 e. The van der Waals surface area contributed by atoms with Gasteiger partial charge in [-0.2, -0.15) is 0 Å². The van der Waals surface area contributed by atoms with Crippen molar-refractivity contribution in [3.8, 4) is 11.1 Å². The average Bonchev–Trinajstić information content (AvgIpc) is 2.38. The van der Waals surface area contributed by atoms with Gasteiger partial charge in [-0.25, -0.2) is 4.39 Å². The zero-order valence-electron chi connectivity index (χ0n) is 10.2. The highest BCUT2D eigenvalue weighted by molar-refractivity contribution is 5.84. The summed E-state index contributed by atoms with van der Waals surface area (Å²) in [6.07, 6.45) is 0. The Hall–Kier alpha value is -2.16. The normalized spacial score (nSPS) is 12.1. The quantitative estimate of drug-likeness (QED) is 0.627. The molecule has 0 radical (unpaired) electrons. The number of hydrogen-bond donors (Lipinski definition) is 2. The lowest BCUT2D eigenvalue weighted by atomic mass is 9.96. The predicted octanol–water partition coefficient (Wildman–Crippen LogP) is 3.53. The Morgan fingerprint density at radius 2 is 1.83 bits per heavy atom. The Morgan fingerprint density at radius 3 is 2.39 bits per heavy atom. The lowest BCUT2D eigenvalue weighted by Crippen LogP contribution is -2.17. The van der Waals surface area contributed by atoms with Crippen LogP contribution >= 0.6 is 0 Å². The summed E-state index contributed by atoms with van der Waals surface area (Å²) in [6.45, 7) is 1.79. The van der Waals surface area contributed by atoms with Gasteiger partial charge in [0.05, 0.1) is 5.84 Å². The third-order valence-corrected chi connectivity index (χ3v) is 3.04. The Kier molecular flexibility index (Phi) is 3.42. The summed E-state index contributed by atoms with van der Waals surface area (Å²) in [5, 5.41) is 7.38. The van der Waals surface area contributed by atoms with E-state index in [1.165, 1.54) is 6.07 Å². The van der Waals surface area contributed by atoms with Crippen LogP contribution in [0.4, 0.5) is 4.39 Å². The first kappa shape index (κ1) is 12.3. The van der Waals surface area contributed by atoms with Gasteiger partial charge < -0.3 is 5.73 Å². The molecule has 1 unspecified atom stereocenters. The minimum Gasteiger partial charge on any atom is -0.387 e. The highest BCUT2D eigenvalue weighted by Crippen LogP contribution is 2.26. The maximum absolute atomic E-state index is 14.0. The van der Waals surface area contributed by atoms with Crippen LogP contribution in [0.3, 0.4) is 0 Å². The summed E-state index contributed by atoms with van der Waals surface area (Å²) in [6, 6.07) is 14.4. The Morgan fingerprint density at radius 1 is 1.17 bits per heavy atom. The fraction of sp³-hybridized carbons (Fsp3) is 0.133. The van der Waals surface area contributed by atoms with Gasteiger partial charge in [-0.05, 0) is 17.2 Å². The van der Waals surface area contributed by atoms with E-state index < -0.39 is 0 Å². The monoisotopic (exact) mass is 242 g/mol. The molecule has 0 aliphatic rings. The second-order valence-corrected chi connectivity index (χ2v) is 4.28. The van der Waals surface area contributed by atoms with Crippen molar-refractivity contribution in [2.45, 2.75) is 12.8 Å². The predicted molar refractivity (Wildman–Crippen MR) is 72.2 cm³/mol. The van der Waals surface area contributed by atoms with Crippen molar-refractivity contribution in [3.63, 3.8) is 0 Å². The van der Waals surface area contributed by atoms with Crippen LogP contribution in [0.25, 0.3) is 11.1 Å². The molecule has 0 saturated heterocycles. The molecule has 1 atom stereocenters. The largest absolute Gasteiger partial charge is 0.387 e. The van der Waals surface area contributed by atoms with Crippen molar-refractivity contribution in [3.05, 3.63) is 59.9 Å². The summed E-state index contributed by atoms with van der Waals surface area (Å²) in [5.41, 5.74) is 7.56. The molecule has 3 N–H and O–H groups in total. The van der Waals surface area contributed by atoms with Gasteiger partial charge in [0.2, 0.25) is 0 Å². The second-order valence-electron chi connectivity index (χ2n) is 4.28.